The number of aromatic nitrogens is 2. The monoisotopic (exact) mass is 200 g/mol. The van der Waals surface area contributed by atoms with Crippen molar-refractivity contribution in [1.82, 2.24) is 9.55 Å². The molecule has 0 fully saturated rings. The normalized spacial score (nSPS) is 10.9. The fraction of sp³-hybridized carbons (Fsp3) is 0.125. The second kappa shape index (κ2) is 2.64. The molecule has 1 heterocycles. The van der Waals surface area contributed by atoms with Gasteiger partial charge in [0.1, 0.15) is 5.52 Å². The van der Waals surface area contributed by atoms with Gasteiger partial charge in [-0.2, -0.15) is 0 Å². The van der Waals surface area contributed by atoms with Gasteiger partial charge in [0.2, 0.25) is 0 Å². The first-order valence-corrected chi connectivity index (χ1v) is 4.21. The third-order valence-electron chi connectivity index (χ3n) is 1.79. The van der Waals surface area contributed by atoms with Crippen molar-refractivity contribution in [3.8, 4) is 0 Å². The number of benzene rings is 1. The first kappa shape index (κ1) is 7.90. The number of hydrogen-bond acceptors (Lipinski definition) is 1. The maximum Gasteiger partial charge on any atom is 0.109 e. The number of aryl methyl sites for hydroxylation is 1. The average Bonchev–Trinajstić information content (AvgIpc) is 2.41. The van der Waals surface area contributed by atoms with Crippen molar-refractivity contribution < 1.29 is 0 Å². The molecule has 2 aromatic rings. The molecule has 4 heteroatoms. The van der Waals surface area contributed by atoms with E-state index in [2.05, 4.69) is 4.98 Å². The summed E-state index contributed by atoms with van der Waals surface area (Å²) in [5.41, 5.74) is 1.75. The van der Waals surface area contributed by atoms with E-state index in [4.69, 9.17) is 23.2 Å². The fourth-order valence-electron chi connectivity index (χ4n) is 1.14. The minimum atomic E-state index is 0.523. The van der Waals surface area contributed by atoms with Crippen LogP contribution >= 0.6 is 23.2 Å². The number of hydrogen-bond donors (Lipinski definition) is 0. The lowest BCUT2D eigenvalue weighted by Gasteiger charge is -1.97. The van der Waals surface area contributed by atoms with Crippen LogP contribution in [-0.4, -0.2) is 9.55 Å². The standard InChI is InChI=1S/C8H6Cl2N2/c1-12-4-11-8-6(12)3-2-5(9)7(8)10/h2-4H,1H3. The number of rotatable bonds is 0. The van der Waals surface area contributed by atoms with Gasteiger partial charge < -0.3 is 4.57 Å². The Kier molecular flexibility index (Phi) is 1.74. The summed E-state index contributed by atoms with van der Waals surface area (Å²) < 4.78 is 1.90. The Morgan fingerprint density at radius 1 is 1.33 bits per heavy atom. The van der Waals surface area contributed by atoms with E-state index < -0.39 is 0 Å². The molecule has 0 amide bonds. The highest BCUT2D eigenvalue weighted by Crippen LogP contribution is 2.28. The summed E-state index contributed by atoms with van der Waals surface area (Å²) in [6.07, 6.45) is 1.72. The maximum absolute atomic E-state index is 5.93. The van der Waals surface area contributed by atoms with Crippen LogP contribution in [-0.2, 0) is 7.05 Å². The summed E-state index contributed by atoms with van der Waals surface area (Å²) >= 11 is 11.7. The van der Waals surface area contributed by atoms with Crippen molar-refractivity contribution >= 4 is 34.2 Å². The molecule has 0 unspecified atom stereocenters. The molecule has 2 nitrogen and oxygen atoms in total. The average molecular weight is 201 g/mol. The van der Waals surface area contributed by atoms with E-state index in [0.29, 0.717) is 10.0 Å². The lowest BCUT2D eigenvalue weighted by Crippen LogP contribution is -1.82. The topological polar surface area (TPSA) is 17.8 Å². The van der Waals surface area contributed by atoms with Gasteiger partial charge in [0.05, 0.1) is 21.9 Å². The second-order valence-electron chi connectivity index (χ2n) is 2.58. The molecule has 0 saturated carbocycles. The zero-order valence-corrected chi connectivity index (χ0v) is 7.89. The minimum absolute atomic E-state index is 0.523. The third kappa shape index (κ3) is 0.993. The van der Waals surface area contributed by atoms with Gasteiger partial charge in [-0.25, -0.2) is 4.98 Å². The molecule has 0 spiro atoms. The Labute approximate surface area is 79.7 Å². The second-order valence-corrected chi connectivity index (χ2v) is 3.37. The van der Waals surface area contributed by atoms with Crippen molar-refractivity contribution in [2.45, 2.75) is 0 Å². The third-order valence-corrected chi connectivity index (χ3v) is 2.58. The summed E-state index contributed by atoms with van der Waals surface area (Å²) in [7, 11) is 1.92. The molecule has 0 radical (unpaired) electrons. The van der Waals surface area contributed by atoms with Gasteiger partial charge in [0.25, 0.3) is 0 Å². The zero-order chi connectivity index (χ0) is 8.72. The summed E-state index contributed by atoms with van der Waals surface area (Å²) in [6, 6.07) is 3.67. The van der Waals surface area contributed by atoms with Crippen LogP contribution < -0.4 is 0 Å². The molecule has 0 aliphatic carbocycles. The number of halogens is 2. The first-order chi connectivity index (χ1) is 5.70. The molecule has 0 saturated heterocycles. The van der Waals surface area contributed by atoms with Crippen molar-refractivity contribution in [3.63, 3.8) is 0 Å². The van der Waals surface area contributed by atoms with Crippen molar-refractivity contribution in [1.29, 1.82) is 0 Å². The highest BCUT2D eigenvalue weighted by Gasteiger charge is 2.06. The molecule has 62 valence electrons. The van der Waals surface area contributed by atoms with Crippen LogP contribution in [0.4, 0.5) is 0 Å². The van der Waals surface area contributed by atoms with Crippen molar-refractivity contribution in [2.24, 2.45) is 7.05 Å². The van der Waals surface area contributed by atoms with Crippen LogP contribution in [0.1, 0.15) is 0 Å². The van der Waals surface area contributed by atoms with Crippen LogP contribution in [0, 0.1) is 0 Å². The largest absolute Gasteiger partial charge is 0.334 e. The summed E-state index contributed by atoms with van der Waals surface area (Å²) in [5, 5.41) is 1.07. The van der Waals surface area contributed by atoms with Gasteiger partial charge in [-0.05, 0) is 12.1 Å². The van der Waals surface area contributed by atoms with Crippen LogP contribution in [0.5, 0.6) is 0 Å². The Hall–Kier alpha value is -0.730. The van der Waals surface area contributed by atoms with E-state index in [1.54, 1.807) is 12.4 Å². The molecule has 1 aromatic carbocycles. The van der Waals surface area contributed by atoms with Crippen LogP contribution in [0.15, 0.2) is 18.5 Å². The Morgan fingerprint density at radius 3 is 2.83 bits per heavy atom. The first-order valence-electron chi connectivity index (χ1n) is 3.45. The maximum atomic E-state index is 5.93. The van der Waals surface area contributed by atoms with Crippen LogP contribution in [0.3, 0.4) is 0 Å². The van der Waals surface area contributed by atoms with Gasteiger partial charge >= 0.3 is 0 Å². The molecule has 12 heavy (non-hydrogen) atoms. The van der Waals surface area contributed by atoms with E-state index in [9.17, 15) is 0 Å². The Bertz CT molecular complexity index is 434. The Morgan fingerprint density at radius 2 is 2.08 bits per heavy atom. The SMILES string of the molecule is Cn1cnc2c(Cl)c(Cl)ccc21. The molecule has 0 aliphatic rings. The number of nitrogens with zero attached hydrogens (tertiary/aromatic N) is 2. The summed E-state index contributed by atoms with van der Waals surface area (Å²) in [6.45, 7) is 0. The Balaban J connectivity index is 2.93. The van der Waals surface area contributed by atoms with Gasteiger partial charge in [0.15, 0.2) is 0 Å². The number of imidazole rings is 1. The lowest BCUT2D eigenvalue weighted by molar-refractivity contribution is 0.948. The summed E-state index contributed by atoms with van der Waals surface area (Å²) in [5.74, 6) is 0. The van der Waals surface area contributed by atoms with Crippen molar-refractivity contribution in [2.75, 3.05) is 0 Å². The van der Waals surface area contributed by atoms with E-state index in [-0.39, 0.29) is 0 Å². The molecule has 0 atom stereocenters. The fourth-order valence-corrected chi connectivity index (χ4v) is 1.50. The highest BCUT2D eigenvalue weighted by molar-refractivity contribution is 6.44. The predicted octanol–water partition coefficient (Wildman–Crippen LogP) is 2.88. The van der Waals surface area contributed by atoms with E-state index in [0.717, 1.165) is 11.0 Å². The minimum Gasteiger partial charge on any atom is -0.334 e. The van der Waals surface area contributed by atoms with Crippen LogP contribution in [0.2, 0.25) is 10.0 Å². The zero-order valence-electron chi connectivity index (χ0n) is 6.38. The van der Waals surface area contributed by atoms with Gasteiger partial charge in [-0.15, -0.1) is 0 Å². The summed E-state index contributed by atoms with van der Waals surface area (Å²) in [4.78, 5) is 4.13. The van der Waals surface area contributed by atoms with E-state index in [1.807, 2.05) is 17.7 Å². The number of fused-ring (bicyclic) bond motifs is 1. The molecular formula is C8H6Cl2N2. The quantitative estimate of drug-likeness (QED) is 0.640. The smallest absolute Gasteiger partial charge is 0.109 e. The predicted molar refractivity (Wildman–Crippen MR) is 50.7 cm³/mol. The van der Waals surface area contributed by atoms with Crippen molar-refractivity contribution in [3.05, 3.63) is 28.5 Å². The molecular weight excluding hydrogens is 195 g/mol. The molecule has 0 N–H and O–H groups in total. The molecule has 2 rings (SSSR count). The highest BCUT2D eigenvalue weighted by atomic mass is 35.5. The van der Waals surface area contributed by atoms with Crippen LogP contribution in [0.25, 0.3) is 11.0 Å². The molecule has 0 aliphatic heterocycles. The van der Waals surface area contributed by atoms with Gasteiger partial charge in [-0.3, -0.25) is 0 Å². The van der Waals surface area contributed by atoms with Gasteiger partial charge in [-0.1, -0.05) is 23.2 Å². The lowest BCUT2D eigenvalue weighted by atomic mass is 10.3. The van der Waals surface area contributed by atoms with E-state index in [1.165, 1.54) is 0 Å². The molecule has 0 bridgehead atoms. The van der Waals surface area contributed by atoms with Gasteiger partial charge in [0, 0.05) is 7.05 Å². The van der Waals surface area contributed by atoms with E-state index >= 15 is 0 Å². The molecule has 1 aromatic heterocycles.